The molecule has 1 aromatic heterocycles. The average molecular weight is 586 g/mol. The Morgan fingerprint density at radius 1 is 1.00 bits per heavy atom. The summed E-state index contributed by atoms with van der Waals surface area (Å²) in [6, 6.07) is 13.2. The van der Waals surface area contributed by atoms with Crippen LogP contribution in [0.25, 0.3) is 10.8 Å². The number of carbonyl (C=O) groups excluding carboxylic acids is 2. The minimum atomic E-state index is -3.73. The number of hydrogen-bond donors (Lipinski definition) is 0. The van der Waals surface area contributed by atoms with Gasteiger partial charge in [-0.15, -0.1) is 0 Å². The highest BCUT2D eigenvalue weighted by atomic mass is 35.5. The first-order valence-corrected chi connectivity index (χ1v) is 15.3. The van der Waals surface area contributed by atoms with Gasteiger partial charge in [0.05, 0.1) is 10.6 Å². The number of rotatable bonds is 9. The van der Waals surface area contributed by atoms with Gasteiger partial charge in [-0.25, -0.2) is 8.42 Å². The molecule has 0 spiro atoms. The van der Waals surface area contributed by atoms with Crippen LogP contribution in [0.3, 0.4) is 0 Å². The SMILES string of the molecule is Cc1cc(N2CCN(C(=O)CCS(=O)(=O)c3ccc4cc(Cl)ccc4c3)C(C(=O)N(C)CCN(C)C)C2)ccn1. The van der Waals surface area contributed by atoms with Crippen molar-refractivity contribution in [2.24, 2.45) is 0 Å². The molecule has 0 aliphatic carbocycles. The first kappa shape index (κ1) is 29.8. The number of benzene rings is 2. The van der Waals surface area contributed by atoms with E-state index in [0.29, 0.717) is 37.7 Å². The zero-order valence-corrected chi connectivity index (χ0v) is 25.0. The highest BCUT2D eigenvalue weighted by molar-refractivity contribution is 7.91. The van der Waals surface area contributed by atoms with Crippen LogP contribution in [0, 0.1) is 6.92 Å². The Kier molecular flexibility index (Phi) is 9.33. The fourth-order valence-electron chi connectivity index (χ4n) is 4.84. The largest absolute Gasteiger partial charge is 0.367 e. The molecule has 11 heteroatoms. The lowest BCUT2D eigenvalue weighted by molar-refractivity contribution is -0.145. The van der Waals surface area contributed by atoms with Crippen molar-refractivity contribution in [1.29, 1.82) is 0 Å². The van der Waals surface area contributed by atoms with Gasteiger partial charge in [0.1, 0.15) is 6.04 Å². The number of piperazine rings is 1. The fourth-order valence-corrected chi connectivity index (χ4v) is 6.28. The van der Waals surface area contributed by atoms with Crippen LogP contribution in [0.1, 0.15) is 12.1 Å². The zero-order chi connectivity index (χ0) is 29.0. The van der Waals surface area contributed by atoms with Crippen LogP contribution in [-0.2, 0) is 19.4 Å². The number of pyridine rings is 1. The van der Waals surface area contributed by atoms with Crippen molar-refractivity contribution in [2.75, 3.05) is 64.5 Å². The van der Waals surface area contributed by atoms with Gasteiger partial charge in [0.2, 0.25) is 11.8 Å². The Hall–Kier alpha value is -3.21. The second-order valence-corrected chi connectivity index (χ2v) is 13.0. The van der Waals surface area contributed by atoms with E-state index in [1.807, 2.05) is 38.1 Å². The lowest BCUT2D eigenvalue weighted by Crippen LogP contribution is -2.61. The second kappa shape index (κ2) is 12.5. The molecule has 2 heterocycles. The van der Waals surface area contributed by atoms with Crippen molar-refractivity contribution in [3.05, 3.63) is 65.4 Å². The van der Waals surface area contributed by atoms with E-state index in [-0.39, 0.29) is 28.9 Å². The van der Waals surface area contributed by atoms with E-state index in [0.717, 1.165) is 22.2 Å². The van der Waals surface area contributed by atoms with Gasteiger partial charge in [-0.2, -0.15) is 0 Å². The first-order chi connectivity index (χ1) is 18.9. The van der Waals surface area contributed by atoms with Crippen molar-refractivity contribution in [3.63, 3.8) is 0 Å². The summed E-state index contributed by atoms with van der Waals surface area (Å²) in [4.78, 5) is 38.7. The summed E-state index contributed by atoms with van der Waals surface area (Å²) in [7, 11) is 1.89. The Labute approximate surface area is 241 Å². The molecule has 0 radical (unpaired) electrons. The van der Waals surface area contributed by atoms with Crippen molar-refractivity contribution in [3.8, 4) is 0 Å². The normalized spacial score (nSPS) is 16.0. The number of aryl methyl sites for hydroxylation is 1. The maximum absolute atomic E-state index is 13.6. The lowest BCUT2D eigenvalue weighted by Gasteiger charge is -2.43. The van der Waals surface area contributed by atoms with Crippen LogP contribution < -0.4 is 4.90 Å². The minimum absolute atomic E-state index is 0.157. The second-order valence-electron chi connectivity index (χ2n) is 10.5. The molecule has 1 atom stereocenters. The van der Waals surface area contributed by atoms with Crippen molar-refractivity contribution < 1.29 is 18.0 Å². The molecule has 1 aliphatic rings. The summed E-state index contributed by atoms with van der Waals surface area (Å²) in [5, 5.41) is 2.17. The summed E-state index contributed by atoms with van der Waals surface area (Å²) >= 11 is 6.05. The molecule has 1 fully saturated rings. The number of anilines is 1. The van der Waals surface area contributed by atoms with Crippen molar-refractivity contribution in [2.45, 2.75) is 24.3 Å². The van der Waals surface area contributed by atoms with Gasteiger partial charge < -0.3 is 19.6 Å². The Morgan fingerprint density at radius 2 is 1.73 bits per heavy atom. The van der Waals surface area contributed by atoms with E-state index in [9.17, 15) is 18.0 Å². The molecule has 1 unspecified atom stereocenters. The molecule has 2 amide bonds. The maximum atomic E-state index is 13.6. The van der Waals surface area contributed by atoms with Gasteiger partial charge in [0.25, 0.3) is 0 Å². The van der Waals surface area contributed by atoms with E-state index in [1.54, 1.807) is 59.4 Å². The summed E-state index contributed by atoms with van der Waals surface area (Å²) in [5.41, 5.74) is 1.80. The highest BCUT2D eigenvalue weighted by Crippen LogP contribution is 2.25. The third kappa shape index (κ3) is 7.10. The Morgan fingerprint density at radius 3 is 2.45 bits per heavy atom. The van der Waals surface area contributed by atoms with Gasteiger partial charge in [0, 0.05) is 68.8 Å². The van der Waals surface area contributed by atoms with Crippen LogP contribution in [-0.4, -0.2) is 106 Å². The van der Waals surface area contributed by atoms with Gasteiger partial charge in [-0.05, 0) is 68.2 Å². The van der Waals surface area contributed by atoms with Crippen LogP contribution in [0.15, 0.2) is 59.6 Å². The molecule has 214 valence electrons. The molecule has 1 aliphatic heterocycles. The minimum Gasteiger partial charge on any atom is -0.367 e. The summed E-state index contributed by atoms with van der Waals surface area (Å²) in [6.07, 6.45) is 1.52. The molecule has 40 heavy (non-hydrogen) atoms. The number of hydrogen-bond acceptors (Lipinski definition) is 7. The molecule has 2 aromatic carbocycles. The van der Waals surface area contributed by atoms with Crippen molar-refractivity contribution in [1.82, 2.24) is 19.7 Å². The topological polar surface area (TPSA) is 94.1 Å². The molecule has 0 bridgehead atoms. The molecular formula is C29H36ClN5O4S. The zero-order valence-electron chi connectivity index (χ0n) is 23.4. The van der Waals surface area contributed by atoms with Crippen LogP contribution in [0.5, 0.6) is 0 Å². The van der Waals surface area contributed by atoms with Gasteiger partial charge >= 0.3 is 0 Å². The first-order valence-electron chi connectivity index (χ1n) is 13.2. The molecule has 9 nitrogen and oxygen atoms in total. The Bertz CT molecular complexity index is 1500. The number of aromatic nitrogens is 1. The molecule has 4 rings (SSSR count). The molecule has 0 N–H and O–H groups in total. The Balaban J connectivity index is 1.50. The average Bonchev–Trinajstić information content (AvgIpc) is 2.93. The number of carbonyl (C=O) groups is 2. The number of amides is 2. The summed E-state index contributed by atoms with van der Waals surface area (Å²) in [5.74, 6) is -0.853. The smallest absolute Gasteiger partial charge is 0.246 e. The van der Waals surface area contributed by atoms with Gasteiger partial charge in [-0.1, -0.05) is 23.7 Å². The number of halogens is 1. The standard InChI is InChI=1S/C29H36ClN5O4S/c1-21-17-25(9-11-31-21)34-14-15-35(27(20-34)29(37)33(4)13-12-32(2)3)28(36)10-16-40(38,39)26-8-6-22-18-24(30)7-5-23(22)19-26/h5-9,11,17-19,27H,10,12-16,20H2,1-4H3. The molecule has 3 aromatic rings. The molecule has 0 saturated carbocycles. The third-order valence-electron chi connectivity index (χ3n) is 7.21. The van der Waals surface area contributed by atoms with Crippen LogP contribution in [0.2, 0.25) is 5.02 Å². The lowest BCUT2D eigenvalue weighted by atomic mass is 10.1. The molecule has 1 saturated heterocycles. The number of likely N-dealkylation sites (N-methyl/N-ethyl adjacent to an activating group) is 2. The number of sulfone groups is 1. The quantitative estimate of drug-likeness (QED) is 0.381. The third-order valence-corrected chi connectivity index (χ3v) is 9.16. The van der Waals surface area contributed by atoms with Gasteiger partial charge in [-0.3, -0.25) is 14.6 Å². The predicted molar refractivity (Wildman–Crippen MR) is 159 cm³/mol. The molecular weight excluding hydrogens is 550 g/mol. The fraction of sp³-hybridized carbons (Fsp3) is 0.414. The maximum Gasteiger partial charge on any atom is 0.246 e. The van der Waals surface area contributed by atoms with E-state index in [4.69, 9.17) is 11.6 Å². The van der Waals surface area contributed by atoms with Gasteiger partial charge in [0.15, 0.2) is 9.84 Å². The van der Waals surface area contributed by atoms with Crippen molar-refractivity contribution >= 4 is 49.7 Å². The summed E-state index contributed by atoms with van der Waals surface area (Å²) in [6.45, 7) is 4.27. The van der Waals surface area contributed by atoms with E-state index in [1.165, 1.54) is 0 Å². The van der Waals surface area contributed by atoms with Crippen LogP contribution in [0.4, 0.5) is 5.69 Å². The van der Waals surface area contributed by atoms with Crippen LogP contribution >= 0.6 is 11.6 Å². The predicted octanol–water partition coefficient (Wildman–Crippen LogP) is 3.10. The van der Waals surface area contributed by atoms with E-state index < -0.39 is 15.9 Å². The summed E-state index contributed by atoms with van der Waals surface area (Å²) < 4.78 is 26.4. The van der Waals surface area contributed by atoms with E-state index >= 15 is 0 Å². The van der Waals surface area contributed by atoms with E-state index in [2.05, 4.69) is 9.88 Å². The number of fused-ring (bicyclic) bond motifs is 1. The monoisotopic (exact) mass is 585 g/mol. The highest BCUT2D eigenvalue weighted by Gasteiger charge is 2.37. The number of nitrogens with zero attached hydrogens (tertiary/aromatic N) is 5.